The van der Waals surface area contributed by atoms with Gasteiger partial charge in [-0.1, -0.05) is 26.0 Å². The van der Waals surface area contributed by atoms with Crippen molar-refractivity contribution in [2.24, 2.45) is 17.6 Å². The fourth-order valence-electron chi connectivity index (χ4n) is 4.83. The molecule has 9 heteroatoms. The van der Waals surface area contributed by atoms with E-state index in [0.29, 0.717) is 42.5 Å². The van der Waals surface area contributed by atoms with Gasteiger partial charge < -0.3 is 35.5 Å². The third kappa shape index (κ3) is 9.18. The van der Waals surface area contributed by atoms with Gasteiger partial charge >= 0.3 is 6.09 Å². The van der Waals surface area contributed by atoms with E-state index in [1.54, 1.807) is 26.2 Å². The molecule has 1 heterocycles. The van der Waals surface area contributed by atoms with Crippen molar-refractivity contribution in [3.63, 3.8) is 0 Å². The minimum absolute atomic E-state index is 0.0634. The Morgan fingerprint density at radius 2 is 1.78 bits per heavy atom. The van der Waals surface area contributed by atoms with Crippen LogP contribution in [0.1, 0.15) is 52.5 Å². The summed E-state index contributed by atoms with van der Waals surface area (Å²) in [5, 5.41) is 24.2. The number of aromatic hydroxyl groups is 1. The third-order valence-electron chi connectivity index (χ3n) is 6.79. The monoisotopic (exact) mass is 518 g/mol. The van der Waals surface area contributed by atoms with Gasteiger partial charge in [-0.15, -0.1) is 0 Å². The molecule has 0 saturated carbocycles. The zero-order valence-corrected chi connectivity index (χ0v) is 22.7. The Labute approximate surface area is 219 Å². The maximum Gasteiger partial charge on any atom is 0.405 e. The molecule has 9 nitrogen and oxygen atoms in total. The SMILES string of the molecule is COC1CC/C=C(\C)C(=O)Nc2cc(O)cc(c2)CC(C)CC(OC)C(O)C(C)/C=C(/C)C1OC(N)=O. The number of nitrogens with one attached hydrogen (secondary N) is 1. The van der Waals surface area contributed by atoms with Crippen LogP contribution in [0.3, 0.4) is 0 Å². The van der Waals surface area contributed by atoms with Gasteiger partial charge in [0.15, 0.2) is 6.10 Å². The van der Waals surface area contributed by atoms with Crippen LogP contribution in [-0.2, 0) is 25.4 Å². The van der Waals surface area contributed by atoms with Crippen LogP contribution < -0.4 is 11.1 Å². The van der Waals surface area contributed by atoms with Crippen molar-refractivity contribution in [3.05, 3.63) is 47.1 Å². The van der Waals surface area contributed by atoms with Crippen LogP contribution in [0.15, 0.2) is 41.5 Å². The zero-order chi connectivity index (χ0) is 27.7. The number of phenols is 1. The number of anilines is 1. The zero-order valence-electron chi connectivity index (χ0n) is 22.7. The second-order valence-electron chi connectivity index (χ2n) is 10.0. The fraction of sp³-hybridized carbons (Fsp3) is 0.571. The van der Waals surface area contributed by atoms with Crippen molar-refractivity contribution in [2.75, 3.05) is 19.5 Å². The minimum Gasteiger partial charge on any atom is -0.508 e. The van der Waals surface area contributed by atoms with E-state index in [1.807, 2.05) is 32.9 Å². The van der Waals surface area contributed by atoms with E-state index in [4.69, 9.17) is 19.9 Å². The number of aliphatic hydroxyl groups excluding tert-OH is 1. The molecule has 0 fully saturated rings. The number of carbonyl (C=O) groups is 2. The summed E-state index contributed by atoms with van der Waals surface area (Å²) in [6, 6.07) is 5.02. The van der Waals surface area contributed by atoms with Crippen molar-refractivity contribution in [2.45, 2.75) is 77.8 Å². The number of amides is 2. The Balaban J connectivity index is 2.47. The highest BCUT2D eigenvalue weighted by Gasteiger charge is 2.30. The Morgan fingerprint density at radius 3 is 2.41 bits per heavy atom. The van der Waals surface area contributed by atoms with Crippen LogP contribution in [0, 0.1) is 11.8 Å². The highest BCUT2D eigenvalue weighted by Crippen LogP contribution is 2.27. The second-order valence-corrected chi connectivity index (χ2v) is 10.0. The molecule has 0 saturated heterocycles. The molecule has 0 radical (unpaired) electrons. The van der Waals surface area contributed by atoms with Gasteiger partial charge in [-0.25, -0.2) is 4.79 Å². The minimum atomic E-state index is -0.925. The molecule has 6 atom stereocenters. The molecule has 37 heavy (non-hydrogen) atoms. The van der Waals surface area contributed by atoms with Crippen molar-refractivity contribution in [1.29, 1.82) is 0 Å². The number of nitrogens with two attached hydrogens (primary N) is 1. The van der Waals surface area contributed by atoms with Crippen molar-refractivity contribution in [3.8, 4) is 5.75 Å². The van der Waals surface area contributed by atoms with Gasteiger partial charge in [0.25, 0.3) is 5.91 Å². The quantitative estimate of drug-likeness (QED) is 0.442. The number of phenolic OH excluding ortho intramolecular Hbond substituents is 1. The van der Waals surface area contributed by atoms with E-state index in [9.17, 15) is 19.8 Å². The fourth-order valence-corrected chi connectivity index (χ4v) is 4.83. The van der Waals surface area contributed by atoms with E-state index < -0.39 is 30.5 Å². The Bertz CT molecular complexity index is 991. The van der Waals surface area contributed by atoms with Crippen LogP contribution in [0.5, 0.6) is 5.75 Å². The molecular formula is C28H42N2O7. The van der Waals surface area contributed by atoms with Crippen LogP contribution in [-0.4, -0.2) is 60.8 Å². The second kappa shape index (κ2) is 14.2. The molecule has 6 unspecified atom stereocenters. The molecular weight excluding hydrogens is 476 g/mol. The summed E-state index contributed by atoms with van der Waals surface area (Å²) in [6.07, 6.45) is 2.29. The summed E-state index contributed by atoms with van der Waals surface area (Å²) in [4.78, 5) is 24.4. The summed E-state index contributed by atoms with van der Waals surface area (Å²) in [5.74, 6) is -0.427. The summed E-state index contributed by atoms with van der Waals surface area (Å²) in [6.45, 7) is 7.44. The summed E-state index contributed by atoms with van der Waals surface area (Å²) in [7, 11) is 3.09. The van der Waals surface area contributed by atoms with Gasteiger partial charge in [-0.2, -0.15) is 0 Å². The maximum absolute atomic E-state index is 12.8. The number of rotatable bonds is 3. The summed E-state index contributed by atoms with van der Waals surface area (Å²) in [5.41, 5.74) is 7.92. The van der Waals surface area contributed by atoms with Crippen LogP contribution >= 0.6 is 0 Å². The average Bonchev–Trinajstić information content (AvgIpc) is 2.82. The molecule has 0 aromatic heterocycles. The summed E-state index contributed by atoms with van der Waals surface area (Å²) >= 11 is 0. The number of benzene rings is 1. The molecule has 1 aliphatic rings. The van der Waals surface area contributed by atoms with E-state index in [2.05, 4.69) is 5.32 Å². The normalized spacial score (nSPS) is 31.4. The third-order valence-corrected chi connectivity index (χ3v) is 6.79. The molecule has 2 rings (SSSR count). The van der Waals surface area contributed by atoms with Crippen molar-refractivity contribution < 1.29 is 34.0 Å². The first-order valence-corrected chi connectivity index (χ1v) is 12.6. The van der Waals surface area contributed by atoms with E-state index >= 15 is 0 Å². The van der Waals surface area contributed by atoms with Gasteiger partial charge in [0.05, 0.1) is 18.3 Å². The number of hydrogen-bond acceptors (Lipinski definition) is 7. The molecule has 1 aromatic carbocycles. The largest absolute Gasteiger partial charge is 0.508 e. The number of ether oxygens (including phenoxy) is 3. The van der Waals surface area contributed by atoms with Gasteiger partial charge in [-0.3, -0.25) is 4.79 Å². The molecule has 0 aliphatic carbocycles. The molecule has 1 aliphatic heterocycles. The molecule has 1 aromatic rings. The van der Waals surface area contributed by atoms with E-state index in [1.165, 1.54) is 13.2 Å². The molecule has 206 valence electrons. The van der Waals surface area contributed by atoms with Crippen molar-refractivity contribution in [1.82, 2.24) is 0 Å². The van der Waals surface area contributed by atoms with Crippen LogP contribution in [0.4, 0.5) is 10.5 Å². The molecule has 2 bridgehead atoms. The average molecular weight is 519 g/mol. The first kappa shape index (κ1) is 30.3. The van der Waals surface area contributed by atoms with E-state index in [-0.39, 0.29) is 23.5 Å². The Hall–Kier alpha value is -2.88. The van der Waals surface area contributed by atoms with E-state index in [0.717, 1.165) is 5.56 Å². The van der Waals surface area contributed by atoms with Gasteiger partial charge in [0.2, 0.25) is 0 Å². The smallest absolute Gasteiger partial charge is 0.405 e. The predicted octanol–water partition coefficient (Wildman–Crippen LogP) is 4.08. The number of hydrogen-bond donors (Lipinski definition) is 4. The van der Waals surface area contributed by atoms with Gasteiger partial charge in [0, 0.05) is 37.5 Å². The lowest BCUT2D eigenvalue weighted by Gasteiger charge is -2.30. The highest BCUT2D eigenvalue weighted by molar-refractivity contribution is 6.03. The Kier molecular flexibility index (Phi) is 11.6. The van der Waals surface area contributed by atoms with Gasteiger partial charge in [0.1, 0.15) is 5.75 Å². The molecule has 2 amide bonds. The maximum atomic E-state index is 12.8. The lowest BCUT2D eigenvalue weighted by molar-refractivity contribution is -0.112. The molecule has 0 spiro atoms. The number of aliphatic hydroxyl groups is 1. The lowest BCUT2D eigenvalue weighted by atomic mass is 9.88. The van der Waals surface area contributed by atoms with Gasteiger partial charge in [-0.05, 0) is 68.7 Å². The summed E-state index contributed by atoms with van der Waals surface area (Å²) < 4.78 is 16.7. The number of allylic oxidation sites excluding steroid dienone is 1. The Morgan fingerprint density at radius 1 is 1.11 bits per heavy atom. The standard InChI is InChI=1S/C28H42N2O7/c1-16-10-20-13-21(15-22(31)14-20)30-27(33)17(2)8-7-9-23(35-5)26(37-28(29)34)19(4)12-18(3)25(32)24(11-16)36-6/h8,12-16,18,23-26,31-32H,7,9-11H2,1-6H3,(H2,29,34)(H,30,33)/b17-8+,19-12-. The topological polar surface area (TPSA) is 140 Å². The number of fused-ring (bicyclic) bond motifs is 2. The first-order chi connectivity index (χ1) is 17.4. The number of carbonyl (C=O) groups excluding carboxylic acids is 2. The number of primary amides is 1. The molecule has 5 N–H and O–H groups in total. The highest BCUT2D eigenvalue weighted by atomic mass is 16.6. The lowest BCUT2D eigenvalue weighted by Crippen LogP contribution is -2.37. The predicted molar refractivity (Wildman–Crippen MR) is 142 cm³/mol. The van der Waals surface area contributed by atoms with Crippen molar-refractivity contribution >= 4 is 17.7 Å². The van der Waals surface area contributed by atoms with Crippen LogP contribution in [0.25, 0.3) is 0 Å². The van der Waals surface area contributed by atoms with Crippen LogP contribution in [0.2, 0.25) is 0 Å². The number of methoxy groups -OCH3 is 2. The first-order valence-electron chi connectivity index (χ1n) is 12.6.